The van der Waals surface area contributed by atoms with E-state index in [-0.39, 0.29) is 0 Å². The van der Waals surface area contributed by atoms with Crippen LogP contribution in [0, 0.1) is 0 Å². The summed E-state index contributed by atoms with van der Waals surface area (Å²) in [5, 5.41) is 14.4. The number of hydrogen-bond donors (Lipinski definition) is 0. The Balaban J connectivity index is 1.49. The zero-order chi connectivity index (χ0) is 25.7. The van der Waals surface area contributed by atoms with Gasteiger partial charge < -0.3 is 0 Å². The van der Waals surface area contributed by atoms with Crippen molar-refractivity contribution in [1.82, 2.24) is 10.0 Å². The Labute approximate surface area is 221 Å². The van der Waals surface area contributed by atoms with Crippen LogP contribution >= 0.6 is 0 Å². The molecule has 0 aromatic heterocycles. The van der Waals surface area contributed by atoms with E-state index in [1.807, 2.05) is 0 Å². The van der Waals surface area contributed by atoms with Gasteiger partial charge in [-0.3, -0.25) is 10.0 Å². The molecule has 0 unspecified atom stereocenters. The largest absolute Gasteiger partial charge is 0.288 e. The summed E-state index contributed by atoms with van der Waals surface area (Å²) >= 11 is 0. The lowest BCUT2D eigenvalue weighted by atomic mass is 10.2. The molecule has 0 saturated heterocycles. The van der Waals surface area contributed by atoms with Crippen LogP contribution in [0.2, 0.25) is 0 Å². The lowest BCUT2D eigenvalue weighted by Crippen LogP contribution is -2.21. The third-order valence-corrected chi connectivity index (χ3v) is 5.97. The molecule has 4 aromatic carbocycles. The van der Waals surface area contributed by atoms with Crippen LogP contribution in [0.4, 0.5) is 0 Å². The first-order valence-electron chi connectivity index (χ1n) is 12.9. The van der Waals surface area contributed by atoms with Crippen molar-refractivity contribution in [3.05, 3.63) is 144 Å². The molecule has 37 heavy (non-hydrogen) atoms. The third-order valence-electron chi connectivity index (χ3n) is 5.97. The van der Waals surface area contributed by atoms with Crippen LogP contribution in [0.1, 0.15) is 42.5 Å². The minimum absolute atomic E-state index is 0.722. The lowest BCUT2D eigenvalue weighted by Gasteiger charge is -2.22. The van der Waals surface area contributed by atoms with Crippen LogP contribution in [0.15, 0.2) is 132 Å². The molecule has 0 amide bonds. The van der Waals surface area contributed by atoms with Crippen LogP contribution in [0.3, 0.4) is 0 Å². The fourth-order valence-electron chi connectivity index (χ4n) is 4.35. The molecule has 4 rings (SSSR count). The molecule has 188 valence electrons. The van der Waals surface area contributed by atoms with E-state index >= 15 is 0 Å². The average molecular weight is 489 g/mol. The molecule has 0 radical (unpaired) electrons. The van der Waals surface area contributed by atoms with Crippen molar-refractivity contribution < 1.29 is 0 Å². The molecular formula is C33H36N4. The minimum atomic E-state index is 0.722. The highest BCUT2D eigenvalue weighted by Crippen LogP contribution is 2.13. The van der Waals surface area contributed by atoms with E-state index in [0.29, 0.717) is 0 Å². The lowest BCUT2D eigenvalue weighted by molar-refractivity contribution is 0.268. The van der Waals surface area contributed by atoms with E-state index in [2.05, 4.69) is 145 Å². The highest BCUT2D eigenvalue weighted by molar-refractivity contribution is 6.02. The van der Waals surface area contributed by atoms with E-state index in [1.165, 1.54) is 22.3 Å². The maximum absolute atomic E-state index is 5.03. The number of nitrogens with zero attached hydrogens (tertiary/aromatic N) is 4. The molecule has 0 aliphatic heterocycles. The summed E-state index contributed by atoms with van der Waals surface area (Å²) in [5.41, 5.74) is 7.09. The second kappa shape index (κ2) is 13.8. The van der Waals surface area contributed by atoms with Crippen molar-refractivity contribution in [2.45, 2.75) is 46.4 Å². The minimum Gasteiger partial charge on any atom is -0.288 e. The van der Waals surface area contributed by atoms with Crippen molar-refractivity contribution in [2.24, 2.45) is 10.2 Å². The maximum atomic E-state index is 5.03. The van der Waals surface area contributed by atoms with E-state index in [9.17, 15) is 0 Å². The molecule has 4 nitrogen and oxygen atoms in total. The smallest absolute Gasteiger partial charge is 0.0614 e. The van der Waals surface area contributed by atoms with Crippen molar-refractivity contribution in [3.63, 3.8) is 0 Å². The van der Waals surface area contributed by atoms with Gasteiger partial charge in [0.15, 0.2) is 0 Å². The summed E-state index contributed by atoms with van der Waals surface area (Å²) in [7, 11) is 0. The van der Waals surface area contributed by atoms with Gasteiger partial charge in [-0.15, -0.1) is 0 Å². The SMILES string of the molecule is CC(CC(C)=NN(Cc1ccccc1)Cc1ccccc1)=NN(Cc1ccccc1)Cc1ccccc1. The Kier molecular flexibility index (Phi) is 9.65. The van der Waals surface area contributed by atoms with Gasteiger partial charge in [-0.05, 0) is 36.1 Å². The Morgan fingerprint density at radius 1 is 0.432 bits per heavy atom. The van der Waals surface area contributed by atoms with Gasteiger partial charge in [0.1, 0.15) is 0 Å². The zero-order valence-electron chi connectivity index (χ0n) is 21.9. The Hall–Kier alpha value is -4.18. The maximum Gasteiger partial charge on any atom is 0.0614 e. The first-order valence-corrected chi connectivity index (χ1v) is 12.9. The molecule has 4 heteroatoms. The molecule has 0 aliphatic rings. The topological polar surface area (TPSA) is 31.2 Å². The van der Waals surface area contributed by atoms with E-state index in [1.54, 1.807) is 0 Å². The summed E-state index contributed by atoms with van der Waals surface area (Å²) in [6.07, 6.45) is 0.722. The van der Waals surface area contributed by atoms with Crippen molar-refractivity contribution in [2.75, 3.05) is 0 Å². The summed E-state index contributed by atoms with van der Waals surface area (Å²) < 4.78 is 0. The molecule has 0 aliphatic carbocycles. The molecule has 0 spiro atoms. The van der Waals surface area contributed by atoms with Gasteiger partial charge in [-0.1, -0.05) is 121 Å². The second-order valence-electron chi connectivity index (χ2n) is 9.44. The molecule has 0 N–H and O–H groups in total. The molecular weight excluding hydrogens is 452 g/mol. The molecule has 0 atom stereocenters. The average Bonchev–Trinajstić information content (AvgIpc) is 2.91. The quantitative estimate of drug-likeness (QED) is 0.152. The molecule has 0 heterocycles. The summed E-state index contributed by atoms with van der Waals surface area (Å²) in [6.45, 7) is 7.24. The van der Waals surface area contributed by atoms with Crippen LogP contribution in [0.25, 0.3) is 0 Å². The van der Waals surface area contributed by atoms with Crippen LogP contribution in [0.5, 0.6) is 0 Å². The Morgan fingerprint density at radius 3 is 0.919 bits per heavy atom. The highest BCUT2D eigenvalue weighted by Gasteiger charge is 2.09. The summed E-state index contributed by atoms with van der Waals surface area (Å²) in [6, 6.07) is 42.1. The summed E-state index contributed by atoms with van der Waals surface area (Å²) in [5.74, 6) is 0. The number of benzene rings is 4. The van der Waals surface area contributed by atoms with Gasteiger partial charge in [0, 0.05) is 17.8 Å². The Bertz CT molecular complexity index is 1070. The first-order chi connectivity index (χ1) is 18.1. The van der Waals surface area contributed by atoms with Crippen LogP contribution in [-0.4, -0.2) is 21.4 Å². The van der Waals surface area contributed by atoms with Gasteiger partial charge in [0.05, 0.1) is 26.2 Å². The van der Waals surface area contributed by atoms with E-state index in [4.69, 9.17) is 10.2 Å². The van der Waals surface area contributed by atoms with Gasteiger partial charge in [-0.2, -0.15) is 10.2 Å². The van der Waals surface area contributed by atoms with E-state index < -0.39 is 0 Å². The van der Waals surface area contributed by atoms with Crippen molar-refractivity contribution in [1.29, 1.82) is 0 Å². The van der Waals surface area contributed by atoms with Crippen LogP contribution in [-0.2, 0) is 26.2 Å². The predicted octanol–water partition coefficient (Wildman–Crippen LogP) is 7.53. The van der Waals surface area contributed by atoms with Crippen LogP contribution < -0.4 is 0 Å². The summed E-state index contributed by atoms with van der Waals surface area (Å²) in [4.78, 5) is 0. The fraction of sp³-hybridized carbons (Fsp3) is 0.212. The molecule has 0 fully saturated rings. The number of rotatable bonds is 12. The molecule has 0 saturated carbocycles. The zero-order valence-corrected chi connectivity index (χ0v) is 21.9. The second-order valence-corrected chi connectivity index (χ2v) is 9.44. The normalized spacial score (nSPS) is 11.8. The van der Waals surface area contributed by atoms with Gasteiger partial charge in [-0.25, -0.2) is 0 Å². The van der Waals surface area contributed by atoms with E-state index in [0.717, 1.165) is 44.0 Å². The van der Waals surface area contributed by atoms with Gasteiger partial charge >= 0.3 is 0 Å². The predicted molar refractivity (Wildman–Crippen MR) is 155 cm³/mol. The highest BCUT2D eigenvalue weighted by atomic mass is 15.5. The molecule has 0 bridgehead atoms. The fourth-order valence-corrected chi connectivity index (χ4v) is 4.35. The van der Waals surface area contributed by atoms with Crippen molar-refractivity contribution >= 4 is 11.4 Å². The van der Waals surface area contributed by atoms with Crippen molar-refractivity contribution in [3.8, 4) is 0 Å². The molecule has 4 aromatic rings. The first kappa shape index (κ1) is 25.9. The monoisotopic (exact) mass is 488 g/mol. The Morgan fingerprint density at radius 2 is 0.676 bits per heavy atom. The number of hydrazone groups is 2. The van der Waals surface area contributed by atoms with Gasteiger partial charge in [0.2, 0.25) is 0 Å². The standard InChI is InChI=1S/C33H36N4/c1-28(34-36(24-30-15-7-3-8-16-30)25-31-17-9-4-10-18-31)23-29(2)35-37(26-32-19-11-5-12-20-32)27-33-21-13-6-14-22-33/h3-22H,23-27H2,1-2H3. The number of hydrogen-bond acceptors (Lipinski definition) is 4. The van der Waals surface area contributed by atoms with Gasteiger partial charge in [0.25, 0.3) is 0 Å². The third kappa shape index (κ3) is 9.08.